The van der Waals surface area contributed by atoms with Crippen molar-refractivity contribution in [1.82, 2.24) is 0 Å². The van der Waals surface area contributed by atoms with E-state index in [4.69, 9.17) is 9.84 Å². The maximum Gasteiger partial charge on any atom is 0.335 e. The van der Waals surface area contributed by atoms with Crippen LogP contribution in [0.5, 0.6) is 5.75 Å². The van der Waals surface area contributed by atoms with E-state index in [1.807, 2.05) is 6.92 Å². The van der Waals surface area contributed by atoms with Gasteiger partial charge in [0.15, 0.2) is 0 Å². The minimum absolute atomic E-state index is 0.0983. The van der Waals surface area contributed by atoms with Gasteiger partial charge in [-0.3, -0.25) is 0 Å². The van der Waals surface area contributed by atoms with Gasteiger partial charge in [0, 0.05) is 6.42 Å². The van der Waals surface area contributed by atoms with Gasteiger partial charge >= 0.3 is 5.97 Å². The van der Waals surface area contributed by atoms with E-state index in [2.05, 4.69) is 0 Å². The molecule has 2 aromatic carbocycles. The largest absolute Gasteiger partial charge is 0.496 e. The second-order valence-corrected chi connectivity index (χ2v) is 5.46. The van der Waals surface area contributed by atoms with Crippen LogP contribution in [-0.4, -0.2) is 24.1 Å². The number of aryl methyl sites for hydroxylation is 1. The van der Waals surface area contributed by atoms with Crippen molar-refractivity contribution >= 4 is 12.0 Å². The summed E-state index contributed by atoms with van der Waals surface area (Å²) in [5.41, 5.74) is 1.49. The van der Waals surface area contributed by atoms with Crippen molar-refractivity contribution in [1.29, 1.82) is 0 Å². The molecular formula is C19H18F2O3. The van der Waals surface area contributed by atoms with Crippen molar-refractivity contribution in [3.63, 3.8) is 0 Å². The Morgan fingerprint density at radius 2 is 1.96 bits per heavy atom. The molecule has 2 rings (SSSR count). The summed E-state index contributed by atoms with van der Waals surface area (Å²) >= 11 is 0. The molecule has 0 saturated carbocycles. The molecular weight excluding hydrogens is 314 g/mol. The zero-order chi connectivity index (χ0) is 17.7. The quantitative estimate of drug-likeness (QED) is 0.841. The van der Waals surface area contributed by atoms with Crippen molar-refractivity contribution in [2.75, 3.05) is 7.11 Å². The summed E-state index contributed by atoms with van der Waals surface area (Å²) in [5.74, 6) is -3.76. The highest BCUT2D eigenvalue weighted by molar-refractivity contribution is 5.89. The van der Waals surface area contributed by atoms with Crippen LogP contribution < -0.4 is 4.74 Å². The fourth-order valence-corrected chi connectivity index (χ4v) is 2.35. The number of hydrogen-bond donors (Lipinski definition) is 1. The summed E-state index contributed by atoms with van der Waals surface area (Å²) in [6, 6.07) is 11.0. The number of hydrogen-bond acceptors (Lipinski definition) is 2. The molecule has 0 amide bonds. The minimum atomic E-state index is -3.16. The van der Waals surface area contributed by atoms with E-state index < -0.39 is 18.3 Å². The Labute approximate surface area is 139 Å². The van der Waals surface area contributed by atoms with Gasteiger partial charge < -0.3 is 9.84 Å². The molecule has 0 spiro atoms. The lowest BCUT2D eigenvalue weighted by Gasteiger charge is -2.14. The Morgan fingerprint density at radius 1 is 1.25 bits per heavy atom. The number of carbonyl (C=O) groups is 1. The Bertz CT molecular complexity index is 767. The third kappa shape index (κ3) is 4.41. The number of rotatable bonds is 6. The molecule has 0 fully saturated rings. The van der Waals surface area contributed by atoms with Crippen LogP contribution in [-0.2, 0) is 6.42 Å². The molecule has 0 bridgehead atoms. The van der Waals surface area contributed by atoms with Crippen LogP contribution in [0.1, 0.15) is 27.0 Å². The average Bonchev–Trinajstić information content (AvgIpc) is 2.54. The predicted molar refractivity (Wildman–Crippen MR) is 88.8 cm³/mol. The van der Waals surface area contributed by atoms with E-state index in [1.54, 1.807) is 24.3 Å². The van der Waals surface area contributed by atoms with E-state index >= 15 is 0 Å². The maximum absolute atomic E-state index is 14.2. The van der Waals surface area contributed by atoms with Gasteiger partial charge in [-0.05, 0) is 41.8 Å². The SMILES string of the molecule is COc1cc(C=CC(F)(F)Cc2ccccc2C(=O)O)ccc1C. The highest BCUT2D eigenvalue weighted by Crippen LogP contribution is 2.26. The summed E-state index contributed by atoms with van der Waals surface area (Å²) in [4.78, 5) is 11.1. The fourth-order valence-electron chi connectivity index (χ4n) is 2.35. The smallest absolute Gasteiger partial charge is 0.335 e. The Hall–Kier alpha value is -2.69. The lowest BCUT2D eigenvalue weighted by Crippen LogP contribution is -2.18. The van der Waals surface area contributed by atoms with Gasteiger partial charge in [0.2, 0.25) is 0 Å². The molecule has 0 unspecified atom stereocenters. The Balaban J connectivity index is 2.21. The van der Waals surface area contributed by atoms with Gasteiger partial charge in [-0.2, -0.15) is 0 Å². The van der Waals surface area contributed by atoms with Crippen LogP contribution in [0.4, 0.5) is 8.78 Å². The van der Waals surface area contributed by atoms with Crippen LogP contribution in [0.25, 0.3) is 6.08 Å². The van der Waals surface area contributed by atoms with E-state index in [-0.39, 0.29) is 11.1 Å². The van der Waals surface area contributed by atoms with Crippen molar-refractivity contribution in [3.8, 4) is 5.75 Å². The van der Waals surface area contributed by atoms with Crippen LogP contribution >= 0.6 is 0 Å². The number of halogens is 2. The molecule has 0 aliphatic rings. The molecule has 0 atom stereocenters. The predicted octanol–water partition coefficient (Wildman–Crippen LogP) is 4.59. The first-order chi connectivity index (χ1) is 11.3. The number of benzene rings is 2. The number of alkyl halides is 2. The summed E-state index contributed by atoms with van der Waals surface area (Å²) in [5, 5.41) is 9.08. The summed E-state index contributed by atoms with van der Waals surface area (Å²) < 4.78 is 33.5. The van der Waals surface area contributed by atoms with Crippen molar-refractivity contribution in [2.24, 2.45) is 0 Å². The van der Waals surface area contributed by atoms with Crippen LogP contribution in [0.2, 0.25) is 0 Å². The van der Waals surface area contributed by atoms with Crippen LogP contribution in [0, 0.1) is 6.92 Å². The molecule has 0 aliphatic heterocycles. The molecule has 0 aliphatic carbocycles. The zero-order valence-corrected chi connectivity index (χ0v) is 13.4. The van der Waals surface area contributed by atoms with Gasteiger partial charge in [0.25, 0.3) is 5.92 Å². The number of aromatic carboxylic acids is 1. The normalized spacial score (nSPS) is 11.7. The highest BCUT2D eigenvalue weighted by Gasteiger charge is 2.27. The van der Waals surface area contributed by atoms with Crippen molar-refractivity contribution < 1.29 is 23.4 Å². The van der Waals surface area contributed by atoms with E-state index in [9.17, 15) is 13.6 Å². The van der Waals surface area contributed by atoms with E-state index in [0.29, 0.717) is 11.3 Å². The lowest BCUT2D eigenvalue weighted by atomic mass is 10.00. The zero-order valence-electron chi connectivity index (χ0n) is 13.4. The first kappa shape index (κ1) is 17.7. The molecule has 3 nitrogen and oxygen atoms in total. The first-order valence-corrected chi connectivity index (χ1v) is 7.35. The standard InChI is InChI=1S/C19H18F2O3/c1-13-7-8-14(11-17(13)24-2)9-10-19(20,21)12-15-5-3-4-6-16(15)18(22)23/h3-11H,12H2,1-2H3,(H,22,23). The van der Waals surface area contributed by atoms with Crippen LogP contribution in [0.3, 0.4) is 0 Å². The second-order valence-electron chi connectivity index (χ2n) is 5.46. The number of ether oxygens (including phenoxy) is 1. The minimum Gasteiger partial charge on any atom is -0.496 e. The molecule has 0 saturated heterocycles. The van der Waals surface area contributed by atoms with E-state index in [1.165, 1.54) is 31.4 Å². The average molecular weight is 332 g/mol. The van der Waals surface area contributed by atoms with Gasteiger partial charge in [-0.25, -0.2) is 13.6 Å². The highest BCUT2D eigenvalue weighted by atomic mass is 19.3. The number of allylic oxidation sites excluding steroid dienone is 1. The molecule has 2 aromatic rings. The van der Waals surface area contributed by atoms with Crippen molar-refractivity contribution in [2.45, 2.75) is 19.3 Å². The monoisotopic (exact) mass is 332 g/mol. The van der Waals surface area contributed by atoms with E-state index in [0.717, 1.165) is 11.6 Å². The Kier molecular flexibility index (Phi) is 5.34. The van der Waals surface area contributed by atoms with Gasteiger partial charge in [0.05, 0.1) is 12.7 Å². The topological polar surface area (TPSA) is 46.5 Å². The maximum atomic E-state index is 14.2. The molecule has 24 heavy (non-hydrogen) atoms. The van der Waals surface area contributed by atoms with Gasteiger partial charge in [-0.15, -0.1) is 0 Å². The summed E-state index contributed by atoms with van der Waals surface area (Å²) in [6.07, 6.45) is 1.43. The fraction of sp³-hybridized carbons (Fsp3) is 0.211. The van der Waals surface area contributed by atoms with Gasteiger partial charge in [-0.1, -0.05) is 36.4 Å². The third-order valence-electron chi connectivity index (χ3n) is 3.63. The third-order valence-corrected chi connectivity index (χ3v) is 3.63. The molecule has 0 radical (unpaired) electrons. The van der Waals surface area contributed by atoms with Gasteiger partial charge in [0.1, 0.15) is 5.75 Å². The summed E-state index contributed by atoms with van der Waals surface area (Å²) in [7, 11) is 1.52. The first-order valence-electron chi connectivity index (χ1n) is 7.35. The molecule has 126 valence electrons. The lowest BCUT2D eigenvalue weighted by molar-refractivity contribution is 0.0557. The summed E-state index contributed by atoms with van der Waals surface area (Å²) in [6.45, 7) is 1.86. The number of carboxylic acid groups (broad SMARTS) is 1. The molecule has 5 heteroatoms. The second kappa shape index (κ2) is 7.25. The van der Waals surface area contributed by atoms with Crippen molar-refractivity contribution in [3.05, 3.63) is 70.8 Å². The molecule has 1 N–H and O–H groups in total. The number of carboxylic acids is 1. The van der Waals surface area contributed by atoms with Crippen LogP contribution in [0.15, 0.2) is 48.5 Å². The Morgan fingerprint density at radius 3 is 2.62 bits per heavy atom. The molecule has 0 heterocycles. The number of methoxy groups -OCH3 is 1. The molecule has 0 aromatic heterocycles.